The molecule has 3 aromatic rings. The molecule has 2 heterocycles. The summed E-state index contributed by atoms with van der Waals surface area (Å²) in [6.45, 7) is 0. The van der Waals surface area contributed by atoms with Crippen molar-refractivity contribution in [1.29, 1.82) is 0 Å². The SMILES string of the molecule is Fc1ccc(-c2ccnc3nc(C(F)(F)F)ccc23)cc1C(F)(F)F. The van der Waals surface area contributed by atoms with Crippen LogP contribution in [0.4, 0.5) is 30.7 Å². The van der Waals surface area contributed by atoms with Crippen molar-refractivity contribution in [3.63, 3.8) is 0 Å². The molecule has 0 aliphatic rings. The van der Waals surface area contributed by atoms with Crippen molar-refractivity contribution in [2.24, 2.45) is 0 Å². The Labute approximate surface area is 135 Å². The standard InChI is InChI=1S/C16H7F7N2/c17-12-3-1-8(7-11(12)15(18,19)20)9-5-6-24-14-10(9)2-4-13(25-14)16(21,22)23/h1-7H. The number of fused-ring (bicyclic) bond motifs is 1. The van der Waals surface area contributed by atoms with E-state index in [1.54, 1.807) is 0 Å². The average Bonchev–Trinajstić information content (AvgIpc) is 2.52. The summed E-state index contributed by atoms with van der Waals surface area (Å²) in [6.07, 6.45) is -8.45. The number of nitrogens with zero attached hydrogens (tertiary/aromatic N) is 2. The summed E-state index contributed by atoms with van der Waals surface area (Å²) in [5, 5.41) is 0.121. The van der Waals surface area contributed by atoms with E-state index in [-0.39, 0.29) is 22.2 Å². The molecule has 9 heteroatoms. The quantitative estimate of drug-likeness (QED) is 0.538. The summed E-state index contributed by atoms with van der Waals surface area (Å²) < 4.78 is 90.1. The summed E-state index contributed by atoms with van der Waals surface area (Å²) in [5.41, 5.74) is -2.75. The second-order valence-electron chi connectivity index (χ2n) is 5.12. The van der Waals surface area contributed by atoms with Crippen molar-refractivity contribution >= 4 is 11.0 Å². The lowest BCUT2D eigenvalue weighted by atomic mass is 10.00. The fraction of sp³-hybridized carbons (Fsp3) is 0.125. The van der Waals surface area contributed by atoms with E-state index in [4.69, 9.17) is 0 Å². The lowest BCUT2D eigenvalue weighted by molar-refractivity contribution is -0.141. The van der Waals surface area contributed by atoms with Gasteiger partial charge < -0.3 is 0 Å². The van der Waals surface area contributed by atoms with Crippen LogP contribution in [0.2, 0.25) is 0 Å². The Kier molecular flexibility index (Phi) is 3.89. The largest absolute Gasteiger partial charge is 0.433 e. The van der Waals surface area contributed by atoms with Gasteiger partial charge in [-0.05, 0) is 41.5 Å². The first-order valence-corrected chi connectivity index (χ1v) is 6.77. The van der Waals surface area contributed by atoms with Crippen LogP contribution in [-0.4, -0.2) is 9.97 Å². The van der Waals surface area contributed by atoms with Gasteiger partial charge in [0, 0.05) is 11.6 Å². The highest BCUT2D eigenvalue weighted by molar-refractivity contribution is 5.92. The summed E-state index contributed by atoms with van der Waals surface area (Å²) >= 11 is 0. The van der Waals surface area contributed by atoms with Crippen LogP contribution < -0.4 is 0 Å². The molecule has 0 fully saturated rings. The number of hydrogen-bond donors (Lipinski definition) is 0. The van der Waals surface area contributed by atoms with Crippen molar-refractivity contribution < 1.29 is 30.7 Å². The summed E-state index contributed by atoms with van der Waals surface area (Å²) in [4.78, 5) is 7.11. The van der Waals surface area contributed by atoms with E-state index in [1.165, 1.54) is 6.07 Å². The molecule has 2 nitrogen and oxygen atoms in total. The minimum absolute atomic E-state index is 0.0114. The normalized spacial score (nSPS) is 12.6. The molecule has 130 valence electrons. The fourth-order valence-electron chi connectivity index (χ4n) is 2.35. The predicted octanol–water partition coefficient (Wildman–Crippen LogP) is 5.47. The molecular formula is C16H7F7N2. The molecule has 0 N–H and O–H groups in total. The Morgan fingerprint density at radius 3 is 2.16 bits per heavy atom. The molecule has 0 unspecified atom stereocenters. The summed E-state index contributed by atoms with van der Waals surface area (Å²) in [6, 6.07) is 5.47. The zero-order valence-corrected chi connectivity index (χ0v) is 12.1. The van der Waals surface area contributed by atoms with Crippen LogP contribution >= 0.6 is 0 Å². The van der Waals surface area contributed by atoms with Crippen LogP contribution in [0.15, 0.2) is 42.6 Å². The van der Waals surface area contributed by atoms with Gasteiger partial charge in [-0.2, -0.15) is 26.3 Å². The van der Waals surface area contributed by atoms with Crippen LogP contribution in [-0.2, 0) is 12.4 Å². The van der Waals surface area contributed by atoms with E-state index in [0.717, 1.165) is 18.3 Å². The van der Waals surface area contributed by atoms with E-state index in [1.807, 2.05) is 0 Å². The third-order valence-corrected chi connectivity index (χ3v) is 3.48. The van der Waals surface area contributed by atoms with Gasteiger partial charge in [0.25, 0.3) is 0 Å². The molecule has 0 radical (unpaired) electrons. The Balaban J connectivity index is 2.20. The molecule has 1 aromatic carbocycles. The van der Waals surface area contributed by atoms with Gasteiger partial charge in [0.05, 0.1) is 5.56 Å². The van der Waals surface area contributed by atoms with Gasteiger partial charge in [0.2, 0.25) is 0 Å². The van der Waals surface area contributed by atoms with Crippen LogP contribution in [0.5, 0.6) is 0 Å². The van der Waals surface area contributed by atoms with Crippen LogP contribution in [0.25, 0.3) is 22.2 Å². The Hall–Kier alpha value is -2.71. The Bertz CT molecular complexity index is 945. The minimum atomic E-state index is -4.90. The number of halogens is 7. The maximum atomic E-state index is 13.4. The number of hydrogen-bond acceptors (Lipinski definition) is 2. The second-order valence-corrected chi connectivity index (χ2v) is 5.12. The zero-order valence-electron chi connectivity index (χ0n) is 12.1. The molecule has 0 saturated carbocycles. The van der Waals surface area contributed by atoms with Gasteiger partial charge in [-0.1, -0.05) is 6.07 Å². The zero-order chi connectivity index (χ0) is 18.4. The molecule has 0 amide bonds. The molecule has 0 atom stereocenters. The predicted molar refractivity (Wildman–Crippen MR) is 74.9 cm³/mol. The highest BCUT2D eigenvalue weighted by Gasteiger charge is 2.35. The highest BCUT2D eigenvalue weighted by atomic mass is 19.4. The first-order chi connectivity index (χ1) is 11.6. The van der Waals surface area contributed by atoms with E-state index in [9.17, 15) is 30.7 Å². The van der Waals surface area contributed by atoms with Crippen molar-refractivity contribution in [2.45, 2.75) is 12.4 Å². The maximum absolute atomic E-state index is 13.4. The lowest BCUT2D eigenvalue weighted by Crippen LogP contribution is -2.09. The summed E-state index contributed by atoms with van der Waals surface area (Å²) in [5.74, 6) is -1.44. The topological polar surface area (TPSA) is 25.8 Å². The van der Waals surface area contributed by atoms with Gasteiger partial charge in [-0.25, -0.2) is 14.4 Å². The lowest BCUT2D eigenvalue weighted by Gasteiger charge is -2.12. The Morgan fingerprint density at radius 1 is 0.800 bits per heavy atom. The van der Waals surface area contributed by atoms with Gasteiger partial charge in [0.1, 0.15) is 11.5 Å². The molecule has 0 saturated heterocycles. The molecule has 0 aliphatic carbocycles. The van der Waals surface area contributed by atoms with E-state index in [2.05, 4.69) is 9.97 Å². The van der Waals surface area contributed by atoms with Gasteiger partial charge in [0.15, 0.2) is 5.65 Å². The highest BCUT2D eigenvalue weighted by Crippen LogP contribution is 2.36. The third kappa shape index (κ3) is 3.26. The van der Waals surface area contributed by atoms with Crippen molar-refractivity contribution in [2.75, 3.05) is 0 Å². The van der Waals surface area contributed by atoms with Crippen molar-refractivity contribution in [3.8, 4) is 11.1 Å². The number of pyridine rings is 2. The monoisotopic (exact) mass is 360 g/mol. The molecule has 0 aliphatic heterocycles. The first-order valence-electron chi connectivity index (χ1n) is 6.77. The van der Waals surface area contributed by atoms with Gasteiger partial charge in [-0.3, -0.25) is 0 Å². The average molecular weight is 360 g/mol. The number of alkyl halides is 6. The van der Waals surface area contributed by atoms with Gasteiger partial charge >= 0.3 is 12.4 Å². The number of rotatable bonds is 1. The minimum Gasteiger partial charge on any atom is -0.237 e. The van der Waals surface area contributed by atoms with Gasteiger partial charge in [-0.15, -0.1) is 0 Å². The Morgan fingerprint density at radius 2 is 1.52 bits per heavy atom. The second kappa shape index (κ2) is 5.68. The molecule has 2 aromatic heterocycles. The molecular weight excluding hydrogens is 353 g/mol. The van der Waals surface area contributed by atoms with E-state index < -0.39 is 29.4 Å². The third-order valence-electron chi connectivity index (χ3n) is 3.48. The fourth-order valence-corrected chi connectivity index (χ4v) is 2.35. The smallest absolute Gasteiger partial charge is 0.237 e. The molecule has 3 rings (SSSR count). The number of benzene rings is 1. The summed E-state index contributed by atoms with van der Waals surface area (Å²) in [7, 11) is 0. The molecule has 25 heavy (non-hydrogen) atoms. The molecule has 0 bridgehead atoms. The van der Waals surface area contributed by atoms with E-state index >= 15 is 0 Å². The first kappa shape index (κ1) is 17.1. The number of aromatic nitrogens is 2. The van der Waals surface area contributed by atoms with E-state index in [0.29, 0.717) is 18.2 Å². The van der Waals surface area contributed by atoms with Crippen molar-refractivity contribution in [3.05, 3.63) is 59.7 Å². The van der Waals surface area contributed by atoms with Crippen molar-refractivity contribution in [1.82, 2.24) is 9.97 Å². The molecule has 0 spiro atoms. The maximum Gasteiger partial charge on any atom is 0.433 e. The van der Waals surface area contributed by atoms with Crippen LogP contribution in [0.1, 0.15) is 11.3 Å². The van der Waals surface area contributed by atoms with Crippen LogP contribution in [0, 0.1) is 5.82 Å². The van der Waals surface area contributed by atoms with Crippen LogP contribution in [0.3, 0.4) is 0 Å².